The van der Waals surface area contributed by atoms with E-state index in [4.69, 9.17) is 0 Å². The van der Waals surface area contributed by atoms with Crippen molar-refractivity contribution in [1.82, 2.24) is 0 Å². The number of quaternary nitrogens is 2. The Morgan fingerprint density at radius 2 is 1.75 bits per heavy atom. The average Bonchev–Trinajstić information content (AvgIpc) is 2.49. The maximum Gasteiger partial charge on any atom is 0.127 e. The third-order valence-electron chi connectivity index (χ3n) is 5.41. The van der Waals surface area contributed by atoms with E-state index >= 15 is 0 Å². The minimum Gasteiger partial charge on any atom is -0.323 e. The van der Waals surface area contributed by atoms with Crippen molar-refractivity contribution in [3.05, 3.63) is 35.9 Å². The molecule has 1 aromatic carbocycles. The Balaban J connectivity index is 1.47. The summed E-state index contributed by atoms with van der Waals surface area (Å²) in [4.78, 5) is 3.69. The van der Waals surface area contributed by atoms with Gasteiger partial charge in [-0.05, 0) is 18.8 Å². The van der Waals surface area contributed by atoms with Gasteiger partial charge in [-0.1, -0.05) is 43.7 Å². The van der Waals surface area contributed by atoms with Crippen molar-refractivity contribution in [2.75, 3.05) is 26.2 Å². The topological polar surface area (TPSA) is 8.88 Å². The summed E-state index contributed by atoms with van der Waals surface area (Å²) < 4.78 is 0. The molecule has 110 valence electrons. The summed E-state index contributed by atoms with van der Waals surface area (Å²) in [5.41, 5.74) is 1.50. The molecule has 0 bridgehead atoms. The van der Waals surface area contributed by atoms with E-state index in [1.54, 1.807) is 4.90 Å². The van der Waals surface area contributed by atoms with Crippen LogP contribution in [-0.2, 0) is 6.54 Å². The van der Waals surface area contributed by atoms with E-state index in [1.165, 1.54) is 64.0 Å². The van der Waals surface area contributed by atoms with Crippen LogP contribution in [0, 0.1) is 5.92 Å². The lowest BCUT2D eigenvalue weighted by Gasteiger charge is -2.37. The number of piperazine rings is 1. The summed E-state index contributed by atoms with van der Waals surface area (Å²) in [6, 6.07) is 12.0. The SMILES string of the molecule is C[C@@H]1CCC[C@@H]([NH+]2CC[NH+](Cc3ccccc3)CC2)C1. The number of hydrogen-bond donors (Lipinski definition) is 2. The molecule has 3 rings (SSSR count). The van der Waals surface area contributed by atoms with Gasteiger partial charge in [0, 0.05) is 12.0 Å². The Bertz CT molecular complexity index is 395. The van der Waals surface area contributed by atoms with Gasteiger partial charge in [-0.3, -0.25) is 0 Å². The molecule has 0 amide bonds. The van der Waals surface area contributed by atoms with Gasteiger partial charge in [0.15, 0.2) is 0 Å². The van der Waals surface area contributed by atoms with E-state index in [2.05, 4.69) is 37.3 Å². The summed E-state index contributed by atoms with van der Waals surface area (Å²) in [6.45, 7) is 9.15. The van der Waals surface area contributed by atoms with Crippen LogP contribution in [0.15, 0.2) is 30.3 Å². The molecular formula is C18H30N2+2. The van der Waals surface area contributed by atoms with Crippen molar-refractivity contribution in [1.29, 1.82) is 0 Å². The van der Waals surface area contributed by atoms with Crippen LogP contribution in [0.3, 0.4) is 0 Å². The molecule has 1 aliphatic carbocycles. The molecule has 2 heteroatoms. The van der Waals surface area contributed by atoms with E-state index in [0.29, 0.717) is 0 Å². The lowest BCUT2D eigenvalue weighted by Crippen LogP contribution is -3.29. The molecule has 1 heterocycles. The highest BCUT2D eigenvalue weighted by Crippen LogP contribution is 2.21. The second kappa shape index (κ2) is 6.73. The fourth-order valence-electron chi connectivity index (χ4n) is 4.20. The maximum atomic E-state index is 2.45. The van der Waals surface area contributed by atoms with Gasteiger partial charge < -0.3 is 9.80 Å². The van der Waals surface area contributed by atoms with Crippen molar-refractivity contribution in [2.45, 2.75) is 45.2 Å². The molecule has 2 atom stereocenters. The smallest absolute Gasteiger partial charge is 0.127 e. The Morgan fingerprint density at radius 1 is 1.00 bits per heavy atom. The number of rotatable bonds is 3. The lowest BCUT2D eigenvalue weighted by atomic mass is 9.86. The van der Waals surface area contributed by atoms with E-state index < -0.39 is 0 Å². The first kappa shape index (κ1) is 14.1. The molecule has 1 saturated carbocycles. The molecule has 0 radical (unpaired) electrons. The van der Waals surface area contributed by atoms with Crippen molar-refractivity contribution in [3.63, 3.8) is 0 Å². The first-order valence-corrected chi connectivity index (χ1v) is 8.53. The average molecular weight is 274 g/mol. The van der Waals surface area contributed by atoms with Crippen LogP contribution >= 0.6 is 0 Å². The largest absolute Gasteiger partial charge is 0.323 e. The first-order chi connectivity index (χ1) is 9.81. The van der Waals surface area contributed by atoms with E-state index in [9.17, 15) is 0 Å². The van der Waals surface area contributed by atoms with Gasteiger partial charge in [0.2, 0.25) is 0 Å². The summed E-state index contributed by atoms with van der Waals surface area (Å²) in [6.07, 6.45) is 5.89. The molecule has 1 saturated heterocycles. The Labute approximate surface area is 123 Å². The van der Waals surface area contributed by atoms with Crippen LogP contribution in [0.1, 0.15) is 38.2 Å². The second-order valence-electron chi connectivity index (χ2n) is 7.04. The van der Waals surface area contributed by atoms with Crippen LogP contribution in [-0.4, -0.2) is 32.2 Å². The first-order valence-electron chi connectivity index (χ1n) is 8.53. The maximum absolute atomic E-state index is 2.45. The quantitative estimate of drug-likeness (QED) is 0.796. The number of nitrogens with one attached hydrogen (secondary N) is 2. The molecule has 1 aliphatic heterocycles. The zero-order valence-electron chi connectivity index (χ0n) is 12.9. The normalized spacial score (nSPS) is 34.9. The van der Waals surface area contributed by atoms with Crippen molar-refractivity contribution >= 4 is 0 Å². The summed E-state index contributed by atoms with van der Waals surface area (Å²) in [5, 5.41) is 0. The standard InChI is InChI=1S/C18H28N2/c1-16-6-5-9-18(14-16)20-12-10-19(11-13-20)15-17-7-3-2-4-8-17/h2-4,7-8,16,18H,5-6,9-15H2,1H3/p+2/t16-,18-/m1/s1. The minimum absolute atomic E-state index is 0.968. The lowest BCUT2D eigenvalue weighted by molar-refractivity contribution is -1.03. The van der Waals surface area contributed by atoms with Crippen LogP contribution in [0.5, 0.6) is 0 Å². The highest BCUT2D eigenvalue weighted by molar-refractivity contribution is 5.13. The van der Waals surface area contributed by atoms with E-state index in [-0.39, 0.29) is 0 Å². The van der Waals surface area contributed by atoms with E-state index in [1.807, 2.05) is 4.90 Å². The molecule has 2 nitrogen and oxygen atoms in total. The molecule has 0 spiro atoms. The molecule has 2 aliphatic rings. The zero-order chi connectivity index (χ0) is 13.8. The fraction of sp³-hybridized carbons (Fsp3) is 0.667. The van der Waals surface area contributed by atoms with Gasteiger partial charge in [-0.2, -0.15) is 0 Å². The molecule has 0 aromatic heterocycles. The third kappa shape index (κ3) is 3.62. The fourth-order valence-corrected chi connectivity index (χ4v) is 4.20. The molecule has 0 unspecified atom stereocenters. The van der Waals surface area contributed by atoms with Gasteiger partial charge in [0.25, 0.3) is 0 Å². The predicted molar refractivity (Wildman–Crippen MR) is 83.0 cm³/mol. The van der Waals surface area contributed by atoms with Crippen molar-refractivity contribution in [3.8, 4) is 0 Å². The van der Waals surface area contributed by atoms with Crippen LogP contribution < -0.4 is 9.80 Å². The third-order valence-corrected chi connectivity index (χ3v) is 5.41. The predicted octanol–water partition coefficient (Wildman–Crippen LogP) is 0.549. The van der Waals surface area contributed by atoms with Gasteiger partial charge in [-0.15, -0.1) is 0 Å². The molecule has 2 N–H and O–H groups in total. The monoisotopic (exact) mass is 274 g/mol. The molecule has 2 fully saturated rings. The second-order valence-corrected chi connectivity index (χ2v) is 7.04. The molecule has 1 aromatic rings. The number of hydrogen-bond acceptors (Lipinski definition) is 0. The van der Waals surface area contributed by atoms with Crippen LogP contribution in [0.25, 0.3) is 0 Å². The summed E-state index contributed by atoms with van der Waals surface area (Å²) in [5.74, 6) is 0.968. The Kier molecular flexibility index (Phi) is 4.74. The van der Waals surface area contributed by atoms with Crippen molar-refractivity contribution in [2.24, 2.45) is 5.92 Å². The molecular weight excluding hydrogens is 244 g/mol. The van der Waals surface area contributed by atoms with Gasteiger partial charge in [-0.25, -0.2) is 0 Å². The zero-order valence-corrected chi connectivity index (χ0v) is 12.9. The van der Waals surface area contributed by atoms with Gasteiger partial charge in [0.05, 0.1) is 6.04 Å². The molecule has 20 heavy (non-hydrogen) atoms. The van der Waals surface area contributed by atoms with Crippen LogP contribution in [0.4, 0.5) is 0 Å². The van der Waals surface area contributed by atoms with Gasteiger partial charge >= 0.3 is 0 Å². The highest BCUT2D eigenvalue weighted by Gasteiger charge is 2.32. The van der Waals surface area contributed by atoms with E-state index in [0.717, 1.165) is 12.0 Å². The Morgan fingerprint density at radius 3 is 2.45 bits per heavy atom. The number of benzene rings is 1. The Hall–Kier alpha value is -0.860. The highest BCUT2D eigenvalue weighted by atomic mass is 15.3. The van der Waals surface area contributed by atoms with Crippen molar-refractivity contribution < 1.29 is 9.80 Å². The minimum atomic E-state index is 0.968. The van der Waals surface area contributed by atoms with Gasteiger partial charge in [0.1, 0.15) is 32.7 Å². The van der Waals surface area contributed by atoms with Crippen LogP contribution in [0.2, 0.25) is 0 Å². The summed E-state index contributed by atoms with van der Waals surface area (Å²) in [7, 11) is 0. The summed E-state index contributed by atoms with van der Waals surface area (Å²) >= 11 is 0.